The van der Waals surface area contributed by atoms with Crippen molar-refractivity contribution in [3.05, 3.63) is 62.8 Å². The smallest absolute Gasteiger partial charge is 0.156 e. The lowest BCUT2D eigenvalue weighted by Crippen LogP contribution is -2.57. The van der Waals surface area contributed by atoms with E-state index in [1.54, 1.807) is 0 Å². The molecule has 2 aliphatic rings. The first-order chi connectivity index (χ1) is 11.6. The minimum absolute atomic E-state index is 0.0326. The molecular weight excluding hydrogens is 397 g/mol. The number of hydrogen-bond acceptors (Lipinski definition) is 3. The van der Waals surface area contributed by atoms with Crippen molar-refractivity contribution in [3.8, 4) is 5.75 Å². The van der Waals surface area contributed by atoms with Crippen molar-refractivity contribution < 1.29 is 13.9 Å². The first kappa shape index (κ1) is 16.3. The van der Waals surface area contributed by atoms with Crippen LogP contribution in [0.15, 0.2) is 40.9 Å². The maximum absolute atomic E-state index is 14.0. The quantitative estimate of drug-likeness (QED) is 0.755. The number of hydrogen-bond donors (Lipinski definition) is 1. The second kappa shape index (κ2) is 6.30. The van der Waals surface area contributed by atoms with Gasteiger partial charge in [-0.1, -0.05) is 41.9 Å². The molecule has 2 aromatic carbocycles. The number of benzene rings is 2. The molecule has 0 spiro atoms. The van der Waals surface area contributed by atoms with Gasteiger partial charge in [-0.3, -0.25) is 0 Å². The predicted molar refractivity (Wildman–Crippen MR) is 94.2 cm³/mol. The number of halogens is 3. The average Bonchev–Trinajstić information content (AvgIpc) is 3.02. The molecule has 0 radical (unpaired) electrons. The lowest BCUT2D eigenvalue weighted by Gasteiger charge is -2.39. The highest BCUT2D eigenvalue weighted by molar-refractivity contribution is 9.10. The van der Waals surface area contributed by atoms with E-state index in [0.29, 0.717) is 29.9 Å². The summed E-state index contributed by atoms with van der Waals surface area (Å²) in [5.74, 6) is 0.0407. The molecule has 2 aliphatic heterocycles. The molecule has 0 amide bonds. The summed E-state index contributed by atoms with van der Waals surface area (Å²) in [6, 6.07) is 11.3. The lowest BCUT2D eigenvalue weighted by molar-refractivity contribution is -0.0260. The Morgan fingerprint density at radius 1 is 1.29 bits per heavy atom. The van der Waals surface area contributed by atoms with Gasteiger partial charge in [0.05, 0.1) is 24.3 Å². The fraction of sp³-hybridized carbons (Fsp3) is 0.333. The Morgan fingerprint density at radius 2 is 2.08 bits per heavy atom. The second-order valence-corrected chi connectivity index (χ2v) is 7.25. The number of morpholine rings is 1. The van der Waals surface area contributed by atoms with Gasteiger partial charge in [0, 0.05) is 29.1 Å². The van der Waals surface area contributed by atoms with Crippen LogP contribution in [0.2, 0.25) is 5.02 Å². The molecule has 126 valence electrons. The van der Waals surface area contributed by atoms with Crippen LogP contribution in [-0.2, 0) is 16.8 Å². The van der Waals surface area contributed by atoms with Crippen LogP contribution in [0, 0.1) is 5.82 Å². The van der Waals surface area contributed by atoms with E-state index in [4.69, 9.17) is 21.1 Å². The Kier molecular flexibility index (Phi) is 4.29. The summed E-state index contributed by atoms with van der Waals surface area (Å²) in [6.07, 6.45) is 0.591. The van der Waals surface area contributed by atoms with Crippen molar-refractivity contribution in [2.75, 3.05) is 19.8 Å². The topological polar surface area (TPSA) is 30.5 Å². The van der Waals surface area contributed by atoms with E-state index >= 15 is 0 Å². The zero-order valence-electron chi connectivity index (χ0n) is 12.8. The van der Waals surface area contributed by atoms with Crippen molar-refractivity contribution in [3.63, 3.8) is 0 Å². The Hall–Kier alpha value is -1.14. The SMILES string of the molecule is Fc1cc2c(c(Br)c1Cl)C[C@](c1ccccc1)(C1COCCN1)O2. The second-order valence-electron chi connectivity index (χ2n) is 6.08. The van der Waals surface area contributed by atoms with Crippen LogP contribution >= 0.6 is 27.5 Å². The molecule has 1 N–H and O–H groups in total. The van der Waals surface area contributed by atoms with E-state index in [0.717, 1.165) is 17.7 Å². The van der Waals surface area contributed by atoms with Gasteiger partial charge in [0.25, 0.3) is 0 Å². The normalized spacial score (nSPS) is 26.0. The summed E-state index contributed by atoms with van der Waals surface area (Å²) in [7, 11) is 0. The third-order valence-electron chi connectivity index (χ3n) is 4.70. The van der Waals surface area contributed by atoms with Crippen LogP contribution in [0.3, 0.4) is 0 Å². The van der Waals surface area contributed by atoms with Crippen LogP contribution in [0.4, 0.5) is 4.39 Å². The lowest BCUT2D eigenvalue weighted by atomic mass is 9.82. The van der Waals surface area contributed by atoms with Crippen LogP contribution in [0.25, 0.3) is 0 Å². The summed E-state index contributed by atoms with van der Waals surface area (Å²) in [5.41, 5.74) is 1.27. The maximum atomic E-state index is 14.0. The van der Waals surface area contributed by atoms with Gasteiger partial charge in [0.1, 0.15) is 11.6 Å². The molecule has 0 saturated carbocycles. The van der Waals surface area contributed by atoms with Crippen LogP contribution in [-0.4, -0.2) is 25.8 Å². The van der Waals surface area contributed by atoms with Crippen molar-refractivity contribution in [2.24, 2.45) is 0 Å². The van der Waals surface area contributed by atoms with Gasteiger partial charge in [-0.25, -0.2) is 4.39 Å². The predicted octanol–water partition coefficient (Wildman–Crippen LogP) is 4.06. The third kappa shape index (κ3) is 2.54. The summed E-state index contributed by atoms with van der Waals surface area (Å²) in [5, 5.41) is 3.58. The van der Waals surface area contributed by atoms with Crippen LogP contribution < -0.4 is 10.1 Å². The van der Waals surface area contributed by atoms with Gasteiger partial charge >= 0.3 is 0 Å². The summed E-state index contributed by atoms with van der Waals surface area (Å²) < 4.78 is 26.6. The maximum Gasteiger partial charge on any atom is 0.156 e. The average molecular weight is 413 g/mol. The first-order valence-electron chi connectivity index (χ1n) is 7.84. The minimum Gasteiger partial charge on any atom is -0.480 e. The largest absolute Gasteiger partial charge is 0.480 e. The molecule has 2 aromatic rings. The molecule has 0 aromatic heterocycles. The first-order valence-corrected chi connectivity index (χ1v) is 9.01. The van der Waals surface area contributed by atoms with Gasteiger partial charge in [0.2, 0.25) is 0 Å². The molecule has 2 heterocycles. The van der Waals surface area contributed by atoms with Gasteiger partial charge in [-0.05, 0) is 21.5 Å². The molecule has 2 atom stereocenters. The third-order valence-corrected chi connectivity index (χ3v) is 6.17. The number of ether oxygens (including phenoxy) is 2. The van der Waals surface area contributed by atoms with E-state index in [9.17, 15) is 4.39 Å². The molecule has 3 nitrogen and oxygen atoms in total. The Bertz CT molecular complexity index is 767. The molecule has 1 unspecified atom stereocenters. The van der Waals surface area contributed by atoms with Crippen molar-refractivity contribution in [1.82, 2.24) is 5.32 Å². The van der Waals surface area contributed by atoms with Gasteiger partial charge in [-0.15, -0.1) is 0 Å². The highest BCUT2D eigenvalue weighted by Gasteiger charge is 2.49. The summed E-state index contributed by atoms with van der Waals surface area (Å²) in [6.45, 7) is 1.98. The van der Waals surface area contributed by atoms with Gasteiger partial charge in [-0.2, -0.15) is 0 Å². The Morgan fingerprint density at radius 3 is 2.79 bits per heavy atom. The van der Waals surface area contributed by atoms with Crippen molar-refractivity contribution in [2.45, 2.75) is 18.1 Å². The highest BCUT2D eigenvalue weighted by atomic mass is 79.9. The van der Waals surface area contributed by atoms with E-state index in [1.807, 2.05) is 30.3 Å². The molecule has 24 heavy (non-hydrogen) atoms. The van der Waals surface area contributed by atoms with Crippen molar-refractivity contribution in [1.29, 1.82) is 0 Å². The van der Waals surface area contributed by atoms with Crippen LogP contribution in [0.5, 0.6) is 5.75 Å². The number of rotatable bonds is 2. The van der Waals surface area contributed by atoms with Crippen LogP contribution in [0.1, 0.15) is 11.1 Å². The summed E-state index contributed by atoms with van der Waals surface area (Å²) in [4.78, 5) is 0. The van der Waals surface area contributed by atoms with E-state index < -0.39 is 11.4 Å². The Labute approximate surface area is 153 Å². The molecule has 1 fully saturated rings. The molecule has 1 saturated heterocycles. The fourth-order valence-corrected chi connectivity index (χ4v) is 4.20. The molecule has 4 rings (SSSR count). The van der Waals surface area contributed by atoms with E-state index in [-0.39, 0.29) is 11.1 Å². The monoisotopic (exact) mass is 411 g/mol. The van der Waals surface area contributed by atoms with Gasteiger partial charge in [0.15, 0.2) is 5.60 Å². The zero-order chi connectivity index (χ0) is 16.7. The fourth-order valence-electron chi connectivity index (χ4n) is 3.50. The van der Waals surface area contributed by atoms with Crippen molar-refractivity contribution >= 4 is 27.5 Å². The molecule has 6 heteroatoms. The van der Waals surface area contributed by atoms with Gasteiger partial charge < -0.3 is 14.8 Å². The number of nitrogens with one attached hydrogen (secondary N) is 1. The van der Waals surface area contributed by atoms with E-state index in [2.05, 4.69) is 21.2 Å². The molecule has 0 bridgehead atoms. The number of fused-ring (bicyclic) bond motifs is 1. The summed E-state index contributed by atoms with van der Waals surface area (Å²) >= 11 is 9.50. The highest BCUT2D eigenvalue weighted by Crippen LogP contribution is 2.49. The molecule has 0 aliphatic carbocycles. The molecular formula is C18H16BrClFNO2. The minimum atomic E-state index is -0.649. The zero-order valence-corrected chi connectivity index (χ0v) is 15.2. The Balaban J connectivity index is 1.83. The standard InChI is InChI=1S/C18H16BrClFNO2/c19-16-12-9-18(11-4-2-1-3-5-11,15-10-23-7-6-22-15)24-14(12)8-13(21)17(16)20/h1-5,8,15,22H,6-7,9-10H2/t15?,18-/m0/s1. The van der Waals surface area contributed by atoms with E-state index in [1.165, 1.54) is 6.07 Å².